The number of hydrogen-bond donors (Lipinski definition) is 0. The second-order valence-electron chi connectivity index (χ2n) is 19.5. The summed E-state index contributed by atoms with van der Waals surface area (Å²) in [6, 6.07) is 92.0. The summed E-state index contributed by atoms with van der Waals surface area (Å²) >= 11 is 3.74. The molecule has 4 heterocycles. The van der Waals surface area contributed by atoms with Crippen molar-refractivity contribution in [3.8, 4) is 22.3 Å². The fraction of sp³-hybridized carbons (Fsp3) is 0. The number of anilines is 6. The quantitative estimate of drug-likeness (QED) is 0.152. The van der Waals surface area contributed by atoms with Gasteiger partial charge in [0.1, 0.15) is 11.2 Å². The highest BCUT2D eigenvalue weighted by Crippen LogP contribution is 2.54. The second-order valence-corrected chi connectivity index (χ2v) is 21.7. The Bertz CT molecular complexity index is 4630. The molecule has 4 nitrogen and oxygen atoms in total. The van der Waals surface area contributed by atoms with E-state index >= 15 is 0 Å². The van der Waals surface area contributed by atoms with Gasteiger partial charge in [-0.2, -0.15) is 0 Å². The maximum absolute atomic E-state index is 6.70. The molecule has 0 aliphatic carbocycles. The third-order valence-electron chi connectivity index (χ3n) is 15.2. The first-order valence-corrected chi connectivity index (χ1v) is 27.3. The third kappa shape index (κ3) is 6.61. The van der Waals surface area contributed by atoms with Crippen LogP contribution in [0.4, 0.5) is 34.1 Å². The maximum atomic E-state index is 6.70. The van der Waals surface area contributed by atoms with Crippen LogP contribution in [-0.2, 0) is 0 Å². The average molecular weight is 1010 g/mol. The van der Waals surface area contributed by atoms with Crippen LogP contribution in [0.15, 0.2) is 264 Å². The van der Waals surface area contributed by atoms with Gasteiger partial charge in [-0.3, -0.25) is 0 Å². The molecule has 0 fully saturated rings. The first-order valence-electron chi connectivity index (χ1n) is 25.6. The Morgan fingerprint density at radius 2 is 0.645 bits per heavy atom. The van der Waals surface area contributed by atoms with E-state index in [0.717, 1.165) is 78.0 Å². The minimum Gasteiger partial charge on any atom is -0.454 e. The highest BCUT2D eigenvalue weighted by Gasteiger charge is 2.26. The smallest absolute Gasteiger partial charge is 0.159 e. The summed E-state index contributed by atoms with van der Waals surface area (Å²) in [5.74, 6) is 0. The molecule has 0 N–H and O–H groups in total. The topological polar surface area (TPSA) is 32.8 Å². The van der Waals surface area contributed by atoms with Crippen LogP contribution in [0.25, 0.3) is 117 Å². The molecule has 0 aliphatic rings. The Hall–Kier alpha value is -9.46. The second kappa shape index (κ2) is 17.0. The van der Waals surface area contributed by atoms with E-state index in [9.17, 15) is 0 Å². The first-order chi connectivity index (χ1) is 37.7. The lowest BCUT2D eigenvalue weighted by molar-refractivity contribution is 0.668. The van der Waals surface area contributed by atoms with Crippen LogP contribution in [0.3, 0.4) is 0 Å². The van der Waals surface area contributed by atoms with E-state index in [0.29, 0.717) is 0 Å². The van der Waals surface area contributed by atoms with Gasteiger partial charge in [0.2, 0.25) is 0 Å². The molecule has 0 unspecified atom stereocenters. The van der Waals surface area contributed by atoms with E-state index in [4.69, 9.17) is 8.83 Å². The summed E-state index contributed by atoms with van der Waals surface area (Å²) in [4.78, 5) is 4.70. The van der Waals surface area contributed by atoms with Gasteiger partial charge in [-0.25, -0.2) is 0 Å². The van der Waals surface area contributed by atoms with E-state index < -0.39 is 0 Å². The van der Waals surface area contributed by atoms with Crippen molar-refractivity contribution >= 4 is 152 Å². The molecule has 0 bridgehead atoms. The molecule has 12 aromatic carbocycles. The van der Waals surface area contributed by atoms with Gasteiger partial charge in [0.15, 0.2) is 11.2 Å². The number of nitrogens with zero attached hydrogens (tertiary/aromatic N) is 2. The number of rotatable bonds is 8. The molecule has 0 atom stereocenters. The molecule has 356 valence electrons. The Labute approximate surface area is 444 Å². The van der Waals surface area contributed by atoms with Crippen LogP contribution in [0.1, 0.15) is 0 Å². The van der Waals surface area contributed by atoms with Crippen LogP contribution >= 0.6 is 22.7 Å². The van der Waals surface area contributed by atoms with Gasteiger partial charge in [0, 0.05) is 95.4 Å². The SMILES string of the molecule is c1ccc(-c2cc3sc4cc(N(c5ccccc5)c5cccc6c5oc5ccccc56)ccc4c3c3c(-c4ccccc4)cc4sc5cc(N(c6ccccc6)c6cccc7c6oc6ccccc67)ccc5c4c23)cc1. The van der Waals surface area contributed by atoms with Crippen molar-refractivity contribution < 1.29 is 8.83 Å². The van der Waals surface area contributed by atoms with Crippen LogP contribution in [-0.4, -0.2) is 0 Å². The number of benzene rings is 12. The zero-order chi connectivity index (χ0) is 49.8. The monoisotopic (exact) mass is 1010 g/mol. The molecular weight excluding hydrogens is 965 g/mol. The molecule has 0 spiro atoms. The van der Waals surface area contributed by atoms with Crippen LogP contribution in [0, 0.1) is 0 Å². The summed E-state index contributed by atoms with van der Waals surface area (Å²) in [7, 11) is 0. The minimum absolute atomic E-state index is 0.866. The van der Waals surface area contributed by atoms with Gasteiger partial charge < -0.3 is 18.6 Å². The summed E-state index contributed by atoms with van der Waals surface area (Å²) in [6.45, 7) is 0. The first kappa shape index (κ1) is 43.0. The predicted octanol–water partition coefficient (Wildman–Crippen LogP) is 21.6. The number of hydrogen-bond acceptors (Lipinski definition) is 6. The summed E-state index contributed by atoms with van der Waals surface area (Å²) in [5.41, 5.74) is 14.6. The van der Waals surface area contributed by atoms with Crippen molar-refractivity contribution in [1.29, 1.82) is 0 Å². The van der Waals surface area contributed by atoms with Crippen molar-refractivity contribution in [2.24, 2.45) is 0 Å². The third-order valence-corrected chi connectivity index (χ3v) is 17.4. The summed E-state index contributed by atoms with van der Waals surface area (Å²) in [5, 5.41) is 12.0. The zero-order valence-corrected chi connectivity index (χ0v) is 42.4. The van der Waals surface area contributed by atoms with E-state index in [1.807, 2.05) is 34.8 Å². The largest absolute Gasteiger partial charge is 0.454 e. The molecule has 16 rings (SSSR count). The fourth-order valence-electron chi connectivity index (χ4n) is 11.9. The van der Waals surface area contributed by atoms with E-state index in [1.165, 1.54) is 73.4 Å². The summed E-state index contributed by atoms with van der Waals surface area (Å²) in [6.07, 6.45) is 0. The molecule has 16 aromatic rings. The molecule has 4 aromatic heterocycles. The molecular formula is C70H42N2O2S2. The van der Waals surface area contributed by atoms with Gasteiger partial charge in [-0.15, -0.1) is 22.7 Å². The predicted molar refractivity (Wildman–Crippen MR) is 325 cm³/mol. The molecule has 0 amide bonds. The lowest BCUT2D eigenvalue weighted by Gasteiger charge is -2.25. The number of thiophene rings is 2. The highest BCUT2D eigenvalue weighted by molar-refractivity contribution is 7.26. The maximum Gasteiger partial charge on any atom is 0.159 e. The Balaban J connectivity index is 0.958. The van der Waals surface area contributed by atoms with E-state index in [2.05, 4.69) is 252 Å². The van der Waals surface area contributed by atoms with Crippen molar-refractivity contribution in [3.63, 3.8) is 0 Å². The van der Waals surface area contributed by atoms with Gasteiger partial charge in [0.05, 0.1) is 11.4 Å². The Morgan fingerprint density at radius 3 is 1.08 bits per heavy atom. The number of furan rings is 2. The van der Waals surface area contributed by atoms with Crippen LogP contribution < -0.4 is 9.80 Å². The number of fused-ring (bicyclic) bond motifs is 15. The van der Waals surface area contributed by atoms with Crippen molar-refractivity contribution in [2.45, 2.75) is 0 Å². The van der Waals surface area contributed by atoms with Gasteiger partial charge >= 0.3 is 0 Å². The van der Waals surface area contributed by atoms with Gasteiger partial charge in [0.25, 0.3) is 0 Å². The standard InChI is InChI=1S/C70H42N2O2S2/c1-5-19-43(20-6-1)55-41-63-66(54-38-36-48(40-62(54)75-63)72(46-25-11-4-12-26-46)58-32-18-30-52-50-28-14-16-34-60(50)74-70(52)58)68-56(44-21-7-2-8-22-44)42-64-65(67(55)68)53-37-35-47(39-61(53)76-64)71(45-23-9-3-10-24-45)57-31-17-29-51-49-27-13-15-33-59(49)73-69(51)57/h1-42H. The fourth-order valence-corrected chi connectivity index (χ4v) is 14.3. The molecule has 76 heavy (non-hydrogen) atoms. The molecule has 0 saturated carbocycles. The lowest BCUT2D eigenvalue weighted by Crippen LogP contribution is -2.09. The van der Waals surface area contributed by atoms with Crippen LogP contribution in [0.2, 0.25) is 0 Å². The van der Waals surface area contributed by atoms with Gasteiger partial charge in [-0.05, 0) is 107 Å². The Morgan fingerprint density at radius 1 is 0.263 bits per heavy atom. The van der Waals surface area contributed by atoms with E-state index in [1.54, 1.807) is 0 Å². The molecule has 6 heteroatoms. The number of para-hydroxylation sites is 6. The van der Waals surface area contributed by atoms with Crippen molar-refractivity contribution in [3.05, 3.63) is 255 Å². The Kier molecular flexibility index (Phi) is 9.64. The van der Waals surface area contributed by atoms with Gasteiger partial charge in [-0.1, -0.05) is 170 Å². The zero-order valence-electron chi connectivity index (χ0n) is 40.8. The average Bonchev–Trinajstić information content (AvgIpc) is 4.35. The minimum atomic E-state index is 0.866. The van der Waals surface area contributed by atoms with Crippen molar-refractivity contribution in [1.82, 2.24) is 0 Å². The lowest BCUT2D eigenvalue weighted by atomic mass is 9.87. The highest BCUT2D eigenvalue weighted by atomic mass is 32.1. The molecule has 0 saturated heterocycles. The molecule has 0 aliphatic heterocycles. The van der Waals surface area contributed by atoms with Crippen molar-refractivity contribution in [2.75, 3.05) is 9.80 Å². The molecule has 0 radical (unpaired) electrons. The van der Waals surface area contributed by atoms with Crippen LogP contribution in [0.5, 0.6) is 0 Å². The summed E-state index contributed by atoms with van der Waals surface area (Å²) < 4.78 is 18.3. The van der Waals surface area contributed by atoms with E-state index in [-0.39, 0.29) is 0 Å². The normalized spacial score (nSPS) is 11.9.